The van der Waals surface area contributed by atoms with E-state index in [0.717, 1.165) is 17.0 Å². The Hall–Kier alpha value is -0.340. The van der Waals surface area contributed by atoms with Gasteiger partial charge in [0.2, 0.25) is 0 Å². The zero-order valence-electron chi connectivity index (χ0n) is 11.2. The van der Waals surface area contributed by atoms with Crippen molar-refractivity contribution in [1.82, 2.24) is 0 Å². The van der Waals surface area contributed by atoms with E-state index in [9.17, 15) is 0 Å². The lowest BCUT2D eigenvalue weighted by Gasteiger charge is -2.29. The molecule has 0 bridgehead atoms. The summed E-state index contributed by atoms with van der Waals surface area (Å²) in [4.78, 5) is 0. The number of hydrogen-bond acceptors (Lipinski definition) is 1. The molecule has 18 heavy (non-hydrogen) atoms. The van der Waals surface area contributed by atoms with Crippen LogP contribution < -0.4 is 0 Å². The van der Waals surface area contributed by atoms with Gasteiger partial charge in [0, 0.05) is 4.47 Å². The molecule has 1 fully saturated rings. The molecule has 1 nitrogen and oxygen atoms in total. The number of unbranched alkanes of at least 4 members (excludes halogenated alkanes) is 2. The second-order valence-corrected chi connectivity index (χ2v) is 6.23. The summed E-state index contributed by atoms with van der Waals surface area (Å²) in [7, 11) is 0. The van der Waals surface area contributed by atoms with Gasteiger partial charge in [-0.25, -0.2) is 0 Å². The van der Waals surface area contributed by atoms with Gasteiger partial charge in [-0.3, -0.25) is 0 Å². The van der Waals surface area contributed by atoms with Crippen molar-refractivity contribution in [3.8, 4) is 0 Å². The van der Waals surface area contributed by atoms with Gasteiger partial charge in [0.05, 0.1) is 12.7 Å². The van der Waals surface area contributed by atoms with Gasteiger partial charge < -0.3 is 4.74 Å². The molecule has 2 rings (SSSR count). The largest absolute Gasteiger partial charge is 0.373 e. The number of hydrogen-bond donors (Lipinski definition) is 0. The van der Waals surface area contributed by atoms with Crippen LogP contribution in [0, 0.1) is 5.92 Å². The predicted octanol–water partition coefficient (Wildman–Crippen LogP) is 5.50. The van der Waals surface area contributed by atoms with Crippen molar-refractivity contribution in [3.05, 3.63) is 34.3 Å². The molecule has 1 saturated heterocycles. The summed E-state index contributed by atoms with van der Waals surface area (Å²) in [5, 5.41) is 0. The summed E-state index contributed by atoms with van der Waals surface area (Å²) >= 11 is 3.47. The Morgan fingerprint density at radius 1 is 1.17 bits per heavy atom. The fourth-order valence-corrected chi connectivity index (χ4v) is 2.92. The summed E-state index contributed by atoms with van der Waals surface area (Å²) in [5.41, 5.74) is 1.32. The molecule has 0 N–H and O–H groups in total. The molecule has 0 aliphatic carbocycles. The molecule has 0 spiro atoms. The summed E-state index contributed by atoms with van der Waals surface area (Å²) in [5.74, 6) is 0.795. The van der Waals surface area contributed by atoms with E-state index in [1.54, 1.807) is 0 Å². The Kier molecular flexibility index (Phi) is 5.71. The van der Waals surface area contributed by atoms with Crippen LogP contribution in [0.15, 0.2) is 28.7 Å². The molecule has 0 radical (unpaired) electrons. The maximum absolute atomic E-state index is 6.03. The van der Waals surface area contributed by atoms with Crippen LogP contribution in [-0.2, 0) is 4.74 Å². The summed E-state index contributed by atoms with van der Waals surface area (Å²) < 4.78 is 7.17. The lowest BCUT2D eigenvalue weighted by atomic mass is 9.91. The van der Waals surface area contributed by atoms with E-state index in [2.05, 4.69) is 47.1 Å². The monoisotopic (exact) mass is 310 g/mol. The second kappa shape index (κ2) is 7.30. The number of rotatable bonds is 5. The van der Waals surface area contributed by atoms with Crippen LogP contribution >= 0.6 is 15.9 Å². The molecular formula is C16H23BrO. The maximum Gasteiger partial charge on any atom is 0.0825 e. The van der Waals surface area contributed by atoms with Crippen molar-refractivity contribution in [3.63, 3.8) is 0 Å². The highest BCUT2D eigenvalue weighted by Gasteiger charge is 2.22. The molecular weight excluding hydrogens is 288 g/mol. The fraction of sp³-hybridized carbons (Fsp3) is 0.625. The fourth-order valence-electron chi connectivity index (χ4n) is 2.66. The number of ether oxygens (including phenoxy) is 1. The normalized spacial score (nSPS) is 24.1. The molecule has 1 aromatic carbocycles. The van der Waals surface area contributed by atoms with Crippen LogP contribution in [0.25, 0.3) is 0 Å². The summed E-state index contributed by atoms with van der Waals surface area (Å²) in [6, 6.07) is 8.55. The lowest BCUT2D eigenvalue weighted by Crippen LogP contribution is -2.20. The molecule has 1 aliphatic heterocycles. The van der Waals surface area contributed by atoms with Gasteiger partial charge in [-0.15, -0.1) is 0 Å². The van der Waals surface area contributed by atoms with Gasteiger partial charge in [-0.05, 0) is 42.9 Å². The van der Waals surface area contributed by atoms with Crippen LogP contribution in [0.5, 0.6) is 0 Å². The van der Waals surface area contributed by atoms with Crippen molar-refractivity contribution in [2.24, 2.45) is 5.92 Å². The van der Waals surface area contributed by atoms with E-state index in [1.165, 1.54) is 44.1 Å². The first-order valence-corrected chi connectivity index (χ1v) is 7.96. The van der Waals surface area contributed by atoms with Gasteiger partial charge in [0.15, 0.2) is 0 Å². The quantitative estimate of drug-likeness (QED) is 0.653. The minimum atomic E-state index is 0.320. The second-order valence-electron chi connectivity index (χ2n) is 5.31. The molecule has 0 amide bonds. The molecule has 2 unspecified atom stereocenters. The minimum absolute atomic E-state index is 0.320. The molecule has 1 heterocycles. The highest BCUT2D eigenvalue weighted by molar-refractivity contribution is 9.10. The Morgan fingerprint density at radius 3 is 2.56 bits per heavy atom. The van der Waals surface area contributed by atoms with Gasteiger partial charge in [-0.2, -0.15) is 0 Å². The zero-order chi connectivity index (χ0) is 12.8. The van der Waals surface area contributed by atoms with Crippen LogP contribution in [0.4, 0.5) is 0 Å². The highest BCUT2D eigenvalue weighted by Crippen LogP contribution is 2.33. The van der Waals surface area contributed by atoms with Crippen molar-refractivity contribution < 1.29 is 4.74 Å². The van der Waals surface area contributed by atoms with E-state index in [0.29, 0.717) is 6.10 Å². The molecule has 1 aromatic rings. The molecule has 1 aliphatic rings. The van der Waals surface area contributed by atoms with Crippen LogP contribution in [0.1, 0.15) is 57.1 Å². The van der Waals surface area contributed by atoms with Crippen molar-refractivity contribution in [1.29, 1.82) is 0 Å². The SMILES string of the molecule is CCCCCC1CCC(c2ccc(Br)cc2)OC1. The zero-order valence-corrected chi connectivity index (χ0v) is 12.8. The average Bonchev–Trinajstić information content (AvgIpc) is 2.41. The van der Waals surface area contributed by atoms with E-state index in [1.807, 2.05) is 0 Å². The predicted molar refractivity (Wildman–Crippen MR) is 79.7 cm³/mol. The first-order chi connectivity index (χ1) is 8.79. The van der Waals surface area contributed by atoms with E-state index >= 15 is 0 Å². The minimum Gasteiger partial charge on any atom is -0.373 e. The van der Waals surface area contributed by atoms with Crippen LogP contribution in [-0.4, -0.2) is 6.61 Å². The number of benzene rings is 1. The molecule has 2 heteroatoms. The van der Waals surface area contributed by atoms with Crippen molar-refractivity contribution in [2.45, 2.75) is 51.6 Å². The van der Waals surface area contributed by atoms with Gasteiger partial charge >= 0.3 is 0 Å². The molecule has 0 aromatic heterocycles. The van der Waals surface area contributed by atoms with Gasteiger partial charge in [0.1, 0.15) is 0 Å². The van der Waals surface area contributed by atoms with E-state index in [4.69, 9.17) is 4.74 Å². The Labute approximate surface area is 119 Å². The smallest absolute Gasteiger partial charge is 0.0825 e. The Bertz CT molecular complexity index is 339. The standard InChI is InChI=1S/C16H23BrO/c1-2-3-4-5-13-6-11-16(18-12-13)14-7-9-15(17)10-8-14/h7-10,13,16H,2-6,11-12H2,1H3. The van der Waals surface area contributed by atoms with E-state index < -0.39 is 0 Å². The lowest BCUT2D eigenvalue weighted by molar-refractivity contribution is -0.0198. The topological polar surface area (TPSA) is 9.23 Å². The average molecular weight is 311 g/mol. The van der Waals surface area contributed by atoms with Crippen LogP contribution in [0.2, 0.25) is 0 Å². The summed E-state index contributed by atoms with van der Waals surface area (Å²) in [6.07, 6.45) is 8.22. The third-order valence-corrected chi connectivity index (χ3v) is 4.36. The van der Waals surface area contributed by atoms with E-state index in [-0.39, 0.29) is 0 Å². The van der Waals surface area contributed by atoms with Gasteiger partial charge in [0.25, 0.3) is 0 Å². The highest BCUT2D eigenvalue weighted by atomic mass is 79.9. The van der Waals surface area contributed by atoms with Crippen LogP contribution in [0.3, 0.4) is 0 Å². The molecule has 100 valence electrons. The first kappa shape index (κ1) is 14.1. The third-order valence-electron chi connectivity index (χ3n) is 3.83. The van der Waals surface area contributed by atoms with Crippen molar-refractivity contribution >= 4 is 15.9 Å². The Morgan fingerprint density at radius 2 is 1.94 bits per heavy atom. The number of halogens is 1. The van der Waals surface area contributed by atoms with Crippen molar-refractivity contribution in [2.75, 3.05) is 6.61 Å². The third kappa shape index (κ3) is 4.10. The first-order valence-electron chi connectivity index (χ1n) is 7.16. The maximum atomic E-state index is 6.03. The Balaban J connectivity index is 1.77. The molecule has 0 saturated carbocycles. The summed E-state index contributed by atoms with van der Waals surface area (Å²) in [6.45, 7) is 3.21. The van der Waals surface area contributed by atoms with Gasteiger partial charge in [-0.1, -0.05) is 54.2 Å². The molecule has 2 atom stereocenters.